The van der Waals surface area contributed by atoms with Crippen LogP contribution in [0, 0.1) is 11.6 Å². The maximum absolute atomic E-state index is 13.7. The number of halogens is 2. The predicted molar refractivity (Wildman–Crippen MR) is 103 cm³/mol. The van der Waals surface area contributed by atoms with E-state index in [-0.39, 0.29) is 23.0 Å². The summed E-state index contributed by atoms with van der Waals surface area (Å²) in [7, 11) is 1.64. The van der Waals surface area contributed by atoms with Crippen LogP contribution in [-0.4, -0.2) is 40.3 Å². The van der Waals surface area contributed by atoms with E-state index in [1.807, 2.05) is 12.1 Å². The minimum Gasteiger partial charge on any atom is -0.340 e. The summed E-state index contributed by atoms with van der Waals surface area (Å²) in [4.78, 5) is 34.5. The number of nitrogens with one attached hydrogen (secondary N) is 1. The molecule has 148 valence electrons. The lowest BCUT2D eigenvalue weighted by atomic mass is 10.2. The smallest absolute Gasteiger partial charge is 0.274 e. The van der Waals surface area contributed by atoms with E-state index in [0.717, 1.165) is 17.7 Å². The van der Waals surface area contributed by atoms with Gasteiger partial charge in [0.25, 0.3) is 11.8 Å². The topological polar surface area (TPSA) is 75.2 Å². The van der Waals surface area contributed by atoms with Gasteiger partial charge < -0.3 is 10.2 Å². The Labute approximate surface area is 166 Å². The first kappa shape index (κ1) is 20.1. The zero-order valence-corrected chi connectivity index (χ0v) is 15.6. The van der Waals surface area contributed by atoms with Gasteiger partial charge in [0.2, 0.25) is 0 Å². The molecule has 0 aliphatic carbocycles. The number of benzene rings is 1. The van der Waals surface area contributed by atoms with Crippen LogP contribution in [-0.2, 0) is 6.42 Å². The van der Waals surface area contributed by atoms with Crippen molar-refractivity contribution >= 4 is 17.5 Å². The monoisotopic (exact) mass is 396 g/mol. The van der Waals surface area contributed by atoms with Crippen LogP contribution in [0.15, 0.2) is 60.9 Å². The third-order valence-electron chi connectivity index (χ3n) is 4.21. The van der Waals surface area contributed by atoms with Crippen LogP contribution >= 0.6 is 0 Å². The normalized spacial score (nSPS) is 10.4. The van der Waals surface area contributed by atoms with E-state index in [2.05, 4.69) is 15.3 Å². The third kappa shape index (κ3) is 5.19. The quantitative estimate of drug-likeness (QED) is 0.694. The van der Waals surface area contributed by atoms with Crippen molar-refractivity contribution < 1.29 is 18.4 Å². The minimum atomic E-state index is -0.901. The Morgan fingerprint density at radius 2 is 1.76 bits per heavy atom. The first-order valence-electron chi connectivity index (χ1n) is 8.82. The maximum Gasteiger partial charge on any atom is 0.274 e. The highest BCUT2D eigenvalue weighted by molar-refractivity contribution is 6.03. The van der Waals surface area contributed by atoms with Crippen molar-refractivity contribution in [1.82, 2.24) is 14.9 Å². The van der Waals surface area contributed by atoms with Gasteiger partial charge in [-0.2, -0.15) is 0 Å². The molecule has 1 aromatic carbocycles. The Bertz CT molecular complexity index is 1030. The molecule has 1 N–H and O–H groups in total. The highest BCUT2D eigenvalue weighted by Crippen LogP contribution is 2.16. The molecule has 2 heterocycles. The van der Waals surface area contributed by atoms with Crippen molar-refractivity contribution in [2.24, 2.45) is 0 Å². The van der Waals surface area contributed by atoms with Crippen LogP contribution in [0.3, 0.4) is 0 Å². The molecule has 29 heavy (non-hydrogen) atoms. The molecule has 0 saturated carbocycles. The largest absolute Gasteiger partial charge is 0.340 e. The van der Waals surface area contributed by atoms with Gasteiger partial charge in [0, 0.05) is 32.1 Å². The molecule has 3 aromatic rings. The fourth-order valence-corrected chi connectivity index (χ4v) is 2.60. The molecule has 0 saturated heterocycles. The van der Waals surface area contributed by atoms with Gasteiger partial charge >= 0.3 is 0 Å². The van der Waals surface area contributed by atoms with Crippen LogP contribution in [0.25, 0.3) is 0 Å². The molecule has 0 aliphatic heterocycles. The Hall–Kier alpha value is -3.68. The number of anilines is 1. The SMILES string of the molecule is CN(CCc1ccncc1)C(=O)c1cccc(C(=O)Nc2ccc(F)cc2F)n1. The van der Waals surface area contributed by atoms with Gasteiger partial charge in [0.05, 0.1) is 5.69 Å². The summed E-state index contributed by atoms with van der Waals surface area (Å²) in [5, 5.41) is 2.32. The molecule has 0 atom stereocenters. The second-order valence-corrected chi connectivity index (χ2v) is 6.32. The van der Waals surface area contributed by atoms with E-state index in [1.165, 1.54) is 23.1 Å². The fraction of sp³-hybridized carbons (Fsp3) is 0.143. The summed E-state index contributed by atoms with van der Waals surface area (Å²) in [5.41, 5.74) is 0.906. The van der Waals surface area contributed by atoms with Crippen molar-refractivity contribution in [3.63, 3.8) is 0 Å². The van der Waals surface area contributed by atoms with Crippen LogP contribution < -0.4 is 5.32 Å². The molecule has 2 aromatic heterocycles. The molecule has 2 amide bonds. The van der Waals surface area contributed by atoms with E-state index in [1.54, 1.807) is 19.4 Å². The number of pyridine rings is 2. The number of aromatic nitrogens is 2. The molecule has 0 spiro atoms. The van der Waals surface area contributed by atoms with E-state index >= 15 is 0 Å². The van der Waals surface area contributed by atoms with Gasteiger partial charge in [-0.3, -0.25) is 14.6 Å². The van der Waals surface area contributed by atoms with Crippen molar-refractivity contribution in [1.29, 1.82) is 0 Å². The van der Waals surface area contributed by atoms with Crippen molar-refractivity contribution in [3.05, 3.63) is 89.5 Å². The number of hydrogen-bond donors (Lipinski definition) is 1. The standard InChI is InChI=1S/C21H18F2N4O2/c1-27(12-9-14-7-10-24-11-8-14)21(29)19-4-2-3-18(25-19)20(28)26-17-6-5-15(22)13-16(17)23/h2-8,10-11,13H,9,12H2,1H3,(H,26,28). The Morgan fingerprint density at radius 1 is 1.03 bits per heavy atom. The average Bonchev–Trinajstić information content (AvgIpc) is 2.74. The van der Waals surface area contributed by atoms with Crippen molar-refractivity contribution in [2.75, 3.05) is 18.9 Å². The number of nitrogens with zero attached hydrogens (tertiary/aromatic N) is 3. The van der Waals surface area contributed by atoms with Crippen LogP contribution in [0.2, 0.25) is 0 Å². The molecular weight excluding hydrogens is 378 g/mol. The first-order valence-corrected chi connectivity index (χ1v) is 8.82. The fourth-order valence-electron chi connectivity index (χ4n) is 2.60. The average molecular weight is 396 g/mol. The number of likely N-dealkylation sites (N-methyl/N-ethyl adjacent to an activating group) is 1. The van der Waals surface area contributed by atoms with E-state index in [9.17, 15) is 18.4 Å². The minimum absolute atomic E-state index is 0.0536. The molecule has 6 nitrogen and oxygen atoms in total. The molecule has 0 aliphatic rings. The highest BCUT2D eigenvalue weighted by Gasteiger charge is 2.17. The molecule has 0 bridgehead atoms. The lowest BCUT2D eigenvalue weighted by molar-refractivity contribution is 0.0790. The summed E-state index contributed by atoms with van der Waals surface area (Å²) in [6.45, 7) is 0.460. The van der Waals surface area contributed by atoms with E-state index in [0.29, 0.717) is 19.0 Å². The third-order valence-corrected chi connectivity index (χ3v) is 4.21. The summed E-state index contributed by atoms with van der Waals surface area (Å²) < 4.78 is 26.7. The van der Waals surface area contributed by atoms with Gasteiger partial charge in [-0.15, -0.1) is 0 Å². The van der Waals surface area contributed by atoms with E-state index < -0.39 is 17.5 Å². The summed E-state index contributed by atoms with van der Waals surface area (Å²) in [6.07, 6.45) is 4.02. The summed E-state index contributed by atoms with van der Waals surface area (Å²) >= 11 is 0. The Kier molecular flexibility index (Phi) is 6.23. The first-order chi connectivity index (χ1) is 13.9. The van der Waals surface area contributed by atoms with Gasteiger partial charge in [-0.25, -0.2) is 13.8 Å². The Morgan fingerprint density at radius 3 is 2.48 bits per heavy atom. The lowest BCUT2D eigenvalue weighted by Crippen LogP contribution is -2.30. The maximum atomic E-state index is 13.7. The van der Waals surface area contributed by atoms with Gasteiger partial charge in [-0.05, 0) is 48.4 Å². The number of rotatable bonds is 6. The summed E-state index contributed by atoms with van der Waals surface area (Å²) in [6, 6.07) is 11.0. The Balaban J connectivity index is 1.67. The van der Waals surface area contributed by atoms with Crippen LogP contribution in [0.1, 0.15) is 26.5 Å². The second kappa shape index (κ2) is 9.01. The molecule has 0 fully saturated rings. The summed E-state index contributed by atoms with van der Waals surface area (Å²) in [5.74, 6) is -2.70. The predicted octanol–water partition coefficient (Wildman–Crippen LogP) is 3.32. The van der Waals surface area contributed by atoms with Crippen molar-refractivity contribution in [3.8, 4) is 0 Å². The van der Waals surface area contributed by atoms with Gasteiger partial charge in [0.1, 0.15) is 23.0 Å². The molecule has 0 unspecified atom stereocenters. The van der Waals surface area contributed by atoms with Gasteiger partial charge in [0.15, 0.2) is 0 Å². The zero-order chi connectivity index (χ0) is 20.8. The zero-order valence-electron chi connectivity index (χ0n) is 15.6. The van der Waals surface area contributed by atoms with Crippen LogP contribution in [0.4, 0.5) is 14.5 Å². The highest BCUT2D eigenvalue weighted by atomic mass is 19.1. The number of amides is 2. The number of hydrogen-bond acceptors (Lipinski definition) is 4. The van der Waals surface area contributed by atoms with E-state index in [4.69, 9.17) is 0 Å². The van der Waals surface area contributed by atoms with Gasteiger partial charge in [-0.1, -0.05) is 6.07 Å². The molecule has 8 heteroatoms. The van der Waals surface area contributed by atoms with Crippen LogP contribution in [0.5, 0.6) is 0 Å². The molecular formula is C21H18F2N4O2. The number of carbonyl (C=O) groups is 2. The number of carbonyl (C=O) groups excluding carboxylic acids is 2. The van der Waals surface area contributed by atoms with Crippen molar-refractivity contribution in [2.45, 2.75) is 6.42 Å². The lowest BCUT2D eigenvalue weighted by Gasteiger charge is -2.17. The molecule has 0 radical (unpaired) electrons. The molecule has 3 rings (SSSR count). The second-order valence-electron chi connectivity index (χ2n) is 6.32.